The standard InChI is InChI=1S/C18H16N2O2/c1-13(14-7-3-2-4-8-14)20-18(21)22-16-11-5-9-15-10-6-12-19-17(15)16/h2-13H,1H3,(H,20,21)/t13-/m1/s1. The minimum atomic E-state index is -0.491. The fourth-order valence-electron chi connectivity index (χ4n) is 2.29. The van der Waals surface area contributed by atoms with Crippen LogP contribution in [0, 0.1) is 0 Å². The summed E-state index contributed by atoms with van der Waals surface area (Å²) in [4.78, 5) is 16.3. The minimum Gasteiger partial charge on any atom is -0.408 e. The normalized spacial score (nSPS) is 11.9. The molecule has 3 aromatic rings. The third kappa shape index (κ3) is 3.06. The summed E-state index contributed by atoms with van der Waals surface area (Å²) in [5, 5.41) is 3.75. The monoisotopic (exact) mass is 292 g/mol. The summed E-state index contributed by atoms with van der Waals surface area (Å²) in [5.74, 6) is 0.455. The van der Waals surface area contributed by atoms with Gasteiger partial charge in [0.05, 0.1) is 6.04 Å². The summed E-state index contributed by atoms with van der Waals surface area (Å²) in [5.41, 5.74) is 1.70. The second-order valence-electron chi connectivity index (χ2n) is 5.00. The van der Waals surface area contributed by atoms with E-state index in [4.69, 9.17) is 4.74 Å². The quantitative estimate of drug-likeness (QED) is 0.791. The lowest BCUT2D eigenvalue weighted by atomic mass is 10.1. The first-order valence-electron chi connectivity index (χ1n) is 7.11. The molecule has 3 rings (SSSR count). The van der Waals surface area contributed by atoms with E-state index in [0.29, 0.717) is 11.3 Å². The van der Waals surface area contributed by atoms with Gasteiger partial charge in [0.15, 0.2) is 5.75 Å². The molecule has 2 aromatic carbocycles. The second-order valence-corrected chi connectivity index (χ2v) is 5.00. The van der Waals surface area contributed by atoms with Crippen LogP contribution in [-0.2, 0) is 0 Å². The summed E-state index contributed by atoms with van der Waals surface area (Å²) in [6, 6.07) is 18.9. The van der Waals surface area contributed by atoms with E-state index in [1.807, 2.05) is 61.5 Å². The van der Waals surface area contributed by atoms with Gasteiger partial charge in [0.1, 0.15) is 5.52 Å². The lowest BCUT2D eigenvalue weighted by Gasteiger charge is -2.14. The summed E-state index contributed by atoms with van der Waals surface area (Å²) in [6.07, 6.45) is 1.19. The molecule has 4 heteroatoms. The molecule has 22 heavy (non-hydrogen) atoms. The Morgan fingerprint density at radius 1 is 1.05 bits per heavy atom. The van der Waals surface area contributed by atoms with Crippen LogP contribution < -0.4 is 10.1 Å². The van der Waals surface area contributed by atoms with E-state index in [2.05, 4.69) is 10.3 Å². The molecule has 0 aliphatic carbocycles. The average Bonchev–Trinajstić information content (AvgIpc) is 2.56. The van der Waals surface area contributed by atoms with E-state index in [1.54, 1.807) is 12.3 Å². The molecule has 1 atom stereocenters. The molecular weight excluding hydrogens is 276 g/mol. The van der Waals surface area contributed by atoms with Crippen LogP contribution in [0.25, 0.3) is 10.9 Å². The van der Waals surface area contributed by atoms with Crippen molar-refractivity contribution in [2.75, 3.05) is 0 Å². The number of hydrogen-bond acceptors (Lipinski definition) is 3. The number of ether oxygens (including phenoxy) is 1. The molecule has 1 aromatic heterocycles. The number of carbonyl (C=O) groups is 1. The number of nitrogens with zero attached hydrogens (tertiary/aromatic N) is 1. The number of pyridine rings is 1. The zero-order chi connectivity index (χ0) is 15.4. The van der Waals surface area contributed by atoms with Crippen molar-refractivity contribution in [2.24, 2.45) is 0 Å². The van der Waals surface area contributed by atoms with Crippen LogP contribution >= 0.6 is 0 Å². The van der Waals surface area contributed by atoms with Crippen molar-refractivity contribution in [3.8, 4) is 5.75 Å². The number of aromatic nitrogens is 1. The fraction of sp³-hybridized carbons (Fsp3) is 0.111. The van der Waals surface area contributed by atoms with E-state index < -0.39 is 6.09 Å². The van der Waals surface area contributed by atoms with Gasteiger partial charge in [0.25, 0.3) is 0 Å². The second kappa shape index (κ2) is 6.26. The van der Waals surface area contributed by atoms with Crippen molar-refractivity contribution < 1.29 is 9.53 Å². The molecule has 0 unspecified atom stereocenters. The molecule has 1 N–H and O–H groups in total. The highest BCUT2D eigenvalue weighted by atomic mass is 16.6. The predicted molar refractivity (Wildman–Crippen MR) is 85.8 cm³/mol. The van der Waals surface area contributed by atoms with Gasteiger partial charge >= 0.3 is 6.09 Å². The fourth-order valence-corrected chi connectivity index (χ4v) is 2.29. The zero-order valence-electron chi connectivity index (χ0n) is 12.2. The summed E-state index contributed by atoms with van der Waals surface area (Å²) >= 11 is 0. The van der Waals surface area contributed by atoms with E-state index in [0.717, 1.165) is 10.9 Å². The summed E-state index contributed by atoms with van der Waals surface area (Å²) in [7, 11) is 0. The number of nitrogens with one attached hydrogen (secondary N) is 1. The first kappa shape index (κ1) is 14.1. The number of amides is 1. The molecule has 0 aliphatic heterocycles. The van der Waals surface area contributed by atoms with Crippen molar-refractivity contribution in [3.05, 3.63) is 72.4 Å². The Hall–Kier alpha value is -2.88. The Labute approximate surface area is 128 Å². The van der Waals surface area contributed by atoms with Gasteiger partial charge in [-0.3, -0.25) is 4.98 Å². The average molecular weight is 292 g/mol. The summed E-state index contributed by atoms with van der Waals surface area (Å²) < 4.78 is 5.41. The van der Waals surface area contributed by atoms with Crippen LogP contribution in [-0.4, -0.2) is 11.1 Å². The Bertz CT molecular complexity index is 782. The van der Waals surface area contributed by atoms with Gasteiger partial charge in [-0.05, 0) is 24.6 Å². The van der Waals surface area contributed by atoms with Crippen LogP contribution in [0.3, 0.4) is 0 Å². The molecule has 1 amide bonds. The van der Waals surface area contributed by atoms with E-state index in [9.17, 15) is 4.79 Å². The Morgan fingerprint density at radius 2 is 1.82 bits per heavy atom. The highest BCUT2D eigenvalue weighted by Crippen LogP contribution is 2.23. The third-order valence-electron chi connectivity index (χ3n) is 3.43. The Kier molecular flexibility index (Phi) is 4.01. The van der Waals surface area contributed by atoms with Crippen LogP contribution in [0.4, 0.5) is 4.79 Å². The number of para-hydroxylation sites is 1. The maximum Gasteiger partial charge on any atom is 0.413 e. The van der Waals surface area contributed by atoms with Crippen molar-refractivity contribution in [1.29, 1.82) is 0 Å². The van der Waals surface area contributed by atoms with E-state index >= 15 is 0 Å². The van der Waals surface area contributed by atoms with Gasteiger partial charge in [-0.15, -0.1) is 0 Å². The van der Waals surface area contributed by atoms with Crippen molar-refractivity contribution >= 4 is 17.0 Å². The van der Waals surface area contributed by atoms with E-state index in [1.165, 1.54) is 0 Å². The van der Waals surface area contributed by atoms with Crippen molar-refractivity contribution in [3.63, 3.8) is 0 Å². The molecule has 0 saturated heterocycles. The smallest absolute Gasteiger partial charge is 0.408 e. The first-order chi connectivity index (χ1) is 10.7. The number of hydrogen-bond donors (Lipinski definition) is 1. The van der Waals surface area contributed by atoms with Gasteiger partial charge in [-0.25, -0.2) is 4.79 Å². The molecule has 0 bridgehead atoms. The van der Waals surface area contributed by atoms with Gasteiger partial charge in [0, 0.05) is 11.6 Å². The molecular formula is C18H16N2O2. The third-order valence-corrected chi connectivity index (χ3v) is 3.43. The Balaban J connectivity index is 1.74. The molecule has 0 aliphatic rings. The zero-order valence-corrected chi connectivity index (χ0v) is 12.2. The van der Waals surface area contributed by atoms with Crippen molar-refractivity contribution in [2.45, 2.75) is 13.0 Å². The molecule has 1 heterocycles. The number of rotatable bonds is 3. The van der Waals surface area contributed by atoms with Crippen LogP contribution in [0.2, 0.25) is 0 Å². The Morgan fingerprint density at radius 3 is 2.64 bits per heavy atom. The highest BCUT2D eigenvalue weighted by molar-refractivity contribution is 5.86. The molecule has 0 saturated carbocycles. The number of benzene rings is 2. The number of fused-ring (bicyclic) bond motifs is 1. The SMILES string of the molecule is C[C@@H](NC(=O)Oc1cccc2cccnc12)c1ccccc1. The van der Waals surface area contributed by atoms with Gasteiger partial charge in [0.2, 0.25) is 0 Å². The molecule has 0 radical (unpaired) electrons. The first-order valence-corrected chi connectivity index (χ1v) is 7.11. The predicted octanol–water partition coefficient (Wildman–Crippen LogP) is 4.08. The molecule has 0 spiro atoms. The van der Waals surface area contributed by atoms with Crippen molar-refractivity contribution in [1.82, 2.24) is 10.3 Å². The maximum absolute atomic E-state index is 12.1. The van der Waals surface area contributed by atoms with Gasteiger partial charge in [-0.2, -0.15) is 0 Å². The lowest BCUT2D eigenvalue weighted by Crippen LogP contribution is -2.29. The number of carbonyl (C=O) groups excluding carboxylic acids is 1. The van der Waals surface area contributed by atoms with Crippen LogP contribution in [0.1, 0.15) is 18.5 Å². The van der Waals surface area contributed by atoms with Crippen LogP contribution in [0.5, 0.6) is 5.75 Å². The van der Waals surface area contributed by atoms with Gasteiger partial charge in [-0.1, -0.05) is 48.5 Å². The topological polar surface area (TPSA) is 51.2 Å². The molecule has 110 valence electrons. The largest absolute Gasteiger partial charge is 0.413 e. The maximum atomic E-state index is 12.1. The van der Waals surface area contributed by atoms with E-state index in [-0.39, 0.29) is 6.04 Å². The highest BCUT2D eigenvalue weighted by Gasteiger charge is 2.12. The molecule has 0 fully saturated rings. The van der Waals surface area contributed by atoms with Crippen LogP contribution in [0.15, 0.2) is 66.9 Å². The lowest BCUT2D eigenvalue weighted by molar-refractivity contribution is 0.197. The van der Waals surface area contributed by atoms with Gasteiger partial charge < -0.3 is 10.1 Å². The minimum absolute atomic E-state index is 0.128. The molecule has 4 nitrogen and oxygen atoms in total. The summed E-state index contributed by atoms with van der Waals surface area (Å²) in [6.45, 7) is 1.91.